The van der Waals surface area contributed by atoms with Gasteiger partial charge in [0, 0.05) is 4.88 Å². The zero-order valence-corrected chi connectivity index (χ0v) is 14.0. The van der Waals surface area contributed by atoms with Gasteiger partial charge in [0.25, 0.3) is 0 Å². The van der Waals surface area contributed by atoms with Crippen LogP contribution >= 0.6 is 11.3 Å². The second kappa shape index (κ2) is 9.50. The van der Waals surface area contributed by atoms with Crippen LogP contribution in [0.25, 0.3) is 0 Å². The molecule has 0 saturated carbocycles. The molecule has 0 aliphatic carbocycles. The van der Waals surface area contributed by atoms with E-state index in [1.807, 2.05) is 24.4 Å². The fraction of sp³-hybridized carbons (Fsp3) is 0.714. The molecule has 116 valence electrons. The van der Waals surface area contributed by atoms with Crippen LogP contribution < -0.4 is 10.0 Å². The standard InChI is InChI=1S/C14H26N2O2S2/c1-3-9-15-10-5-6-12-20(17,18)16-13(4-2)14-8-7-11-19-14/h7-8,11,13,15-16H,3-6,9-10,12H2,1-2H3. The lowest BCUT2D eigenvalue weighted by Gasteiger charge is -2.15. The van der Waals surface area contributed by atoms with Gasteiger partial charge in [-0.25, -0.2) is 13.1 Å². The number of unbranched alkanes of at least 4 members (excludes halogenated alkanes) is 1. The van der Waals surface area contributed by atoms with E-state index in [2.05, 4.69) is 17.0 Å². The minimum atomic E-state index is -3.18. The van der Waals surface area contributed by atoms with E-state index in [4.69, 9.17) is 0 Å². The molecule has 1 aromatic heterocycles. The Hall–Kier alpha value is -0.430. The molecule has 0 aromatic carbocycles. The van der Waals surface area contributed by atoms with Crippen molar-refractivity contribution in [1.29, 1.82) is 0 Å². The smallest absolute Gasteiger partial charge is 0.212 e. The average molecular weight is 319 g/mol. The summed E-state index contributed by atoms with van der Waals surface area (Å²) in [6.45, 7) is 6.02. The van der Waals surface area contributed by atoms with E-state index in [1.54, 1.807) is 11.3 Å². The average Bonchev–Trinajstić information content (AvgIpc) is 2.94. The highest BCUT2D eigenvalue weighted by Gasteiger charge is 2.18. The van der Waals surface area contributed by atoms with Crippen LogP contribution in [0, 0.1) is 0 Å². The minimum Gasteiger partial charge on any atom is -0.317 e. The Bertz CT molecular complexity index is 444. The van der Waals surface area contributed by atoms with Crippen LogP contribution in [0.5, 0.6) is 0 Å². The van der Waals surface area contributed by atoms with E-state index >= 15 is 0 Å². The molecule has 0 spiro atoms. The summed E-state index contributed by atoms with van der Waals surface area (Å²) < 4.78 is 26.9. The summed E-state index contributed by atoms with van der Waals surface area (Å²) in [5, 5.41) is 5.26. The van der Waals surface area contributed by atoms with Crippen LogP contribution in [0.2, 0.25) is 0 Å². The lowest BCUT2D eigenvalue weighted by molar-refractivity contribution is 0.547. The maximum Gasteiger partial charge on any atom is 0.212 e. The third kappa shape index (κ3) is 6.83. The first-order chi connectivity index (χ1) is 9.59. The van der Waals surface area contributed by atoms with Crippen molar-refractivity contribution in [2.75, 3.05) is 18.8 Å². The fourth-order valence-corrected chi connectivity index (χ4v) is 4.32. The van der Waals surface area contributed by atoms with Gasteiger partial charge in [-0.1, -0.05) is 19.9 Å². The van der Waals surface area contributed by atoms with Crippen molar-refractivity contribution in [2.24, 2.45) is 0 Å². The summed E-state index contributed by atoms with van der Waals surface area (Å²) in [6.07, 6.45) is 3.49. The molecule has 1 rings (SSSR count). The van der Waals surface area contributed by atoms with Crippen molar-refractivity contribution < 1.29 is 8.42 Å². The molecule has 2 N–H and O–H groups in total. The molecule has 0 fully saturated rings. The van der Waals surface area contributed by atoms with Gasteiger partial charge in [-0.15, -0.1) is 11.3 Å². The monoisotopic (exact) mass is 318 g/mol. The molecule has 0 radical (unpaired) electrons. The maximum absolute atomic E-state index is 12.1. The Morgan fingerprint density at radius 2 is 2.05 bits per heavy atom. The van der Waals surface area contributed by atoms with Gasteiger partial charge in [0.15, 0.2) is 0 Å². The van der Waals surface area contributed by atoms with Crippen molar-refractivity contribution in [1.82, 2.24) is 10.0 Å². The molecule has 0 aliphatic rings. The van der Waals surface area contributed by atoms with Crippen LogP contribution in [0.4, 0.5) is 0 Å². The minimum absolute atomic E-state index is 0.0850. The first-order valence-corrected chi connectivity index (χ1v) is 9.86. The molecular weight excluding hydrogens is 292 g/mol. The van der Waals surface area contributed by atoms with Crippen LogP contribution in [-0.2, 0) is 10.0 Å². The molecule has 6 heteroatoms. The molecule has 20 heavy (non-hydrogen) atoms. The predicted molar refractivity (Wildman–Crippen MR) is 86.7 cm³/mol. The van der Waals surface area contributed by atoms with E-state index in [-0.39, 0.29) is 11.8 Å². The molecule has 1 atom stereocenters. The van der Waals surface area contributed by atoms with Gasteiger partial charge < -0.3 is 5.32 Å². The molecule has 1 aromatic rings. The SMILES string of the molecule is CCCNCCCCS(=O)(=O)NC(CC)c1cccs1. The van der Waals surface area contributed by atoms with Gasteiger partial charge in [0.05, 0.1) is 11.8 Å². The zero-order valence-electron chi connectivity index (χ0n) is 12.4. The summed E-state index contributed by atoms with van der Waals surface area (Å²) in [4.78, 5) is 1.08. The van der Waals surface area contributed by atoms with Crippen LogP contribution in [-0.4, -0.2) is 27.3 Å². The summed E-state index contributed by atoms with van der Waals surface area (Å²) in [5.74, 6) is 0.211. The van der Waals surface area contributed by atoms with Crippen molar-refractivity contribution >= 4 is 21.4 Å². The summed E-state index contributed by atoms with van der Waals surface area (Å²) in [5.41, 5.74) is 0. The first kappa shape index (κ1) is 17.6. The molecule has 0 aliphatic heterocycles. The Labute approximate surface area is 127 Å². The van der Waals surface area contributed by atoms with E-state index in [0.29, 0.717) is 6.42 Å². The summed E-state index contributed by atoms with van der Waals surface area (Å²) >= 11 is 1.60. The number of sulfonamides is 1. The number of nitrogens with one attached hydrogen (secondary N) is 2. The third-order valence-electron chi connectivity index (χ3n) is 3.06. The van der Waals surface area contributed by atoms with Crippen LogP contribution in [0.1, 0.15) is 50.4 Å². The van der Waals surface area contributed by atoms with E-state index in [0.717, 1.165) is 37.2 Å². The van der Waals surface area contributed by atoms with Crippen LogP contribution in [0.3, 0.4) is 0 Å². The van der Waals surface area contributed by atoms with Gasteiger partial charge in [-0.05, 0) is 50.2 Å². The number of rotatable bonds is 11. The van der Waals surface area contributed by atoms with Gasteiger partial charge in [0.2, 0.25) is 10.0 Å². The summed E-state index contributed by atoms with van der Waals surface area (Å²) in [7, 11) is -3.18. The highest BCUT2D eigenvalue weighted by atomic mass is 32.2. The lowest BCUT2D eigenvalue weighted by Crippen LogP contribution is -2.30. The molecule has 1 heterocycles. The highest BCUT2D eigenvalue weighted by Crippen LogP contribution is 2.22. The van der Waals surface area contributed by atoms with Crippen LogP contribution in [0.15, 0.2) is 17.5 Å². The lowest BCUT2D eigenvalue weighted by atomic mass is 10.2. The second-order valence-corrected chi connectivity index (χ2v) is 7.72. The normalized spacial score (nSPS) is 13.5. The molecule has 0 saturated heterocycles. The Morgan fingerprint density at radius 1 is 1.25 bits per heavy atom. The van der Waals surface area contributed by atoms with E-state index in [1.165, 1.54) is 0 Å². The maximum atomic E-state index is 12.1. The van der Waals surface area contributed by atoms with Gasteiger partial charge >= 0.3 is 0 Å². The number of hydrogen-bond donors (Lipinski definition) is 2. The number of thiophene rings is 1. The molecule has 0 bridgehead atoms. The largest absolute Gasteiger partial charge is 0.317 e. The van der Waals surface area contributed by atoms with Gasteiger partial charge in [0.1, 0.15) is 0 Å². The van der Waals surface area contributed by atoms with Crippen molar-refractivity contribution in [2.45, 2.75) is 45.6 Å². The van der Waals surface area contributed by atoms with Crippen molar-refractivity contribution in [3.8, 4) is 0 Å². The predicted octanol–water partition coefficient (Wildman–Crippen LogP) is 2.90. The first-order valence-electron chi connectivity index (χ1n) is 7.33. The fourth-order valence-electron chi connectivity index (χ4n) is 1.95. The topological polar surface area (TPSA) is 58.2 Å². The molecule has 4 nitrogen and oxygen atoms in total. The second-order valence-electron chi connectivity index (χ2n) is 4.87. The highest BCUT2D eigenvalue weighted by molar-refractivity contribution is 7.89. The summed E-state index contributed by atoms with van der Waals surface area (Å²) in [6, 6.07) is 3.85. The third-order valence-corrected chi connectivity index (χ3v) is 5.52. The Kier molecular flexibility index (Phi) is 8.37. The van der Waals surface area contributed by atoms with Gasteiger partial charge in [-0.3, -0.25) is 0 Å². The zero-order chi connectivity index (χ0) is 14.8. The Balaban J connectivity index is 2.33. The van der Waals surface area contributed by atoms with Crippen molar-refractivity contribution in [3.05, 3.63) is 22.4 Å². The van der Waals surface area contributed by atoms with E-state index < -0.39 is 10.0 Å². The molecule has 1 unspecified atom stereocenters. The number of hydrogen-bond acceptors (Lipinski definition) is 4. The van der Waals surface area contributed by atoms with E-state index in [9.17, 15) is 8.42 Å². The van der Waals surface area contributed by atoms with Crippen molar-refractivity contribution in [3.63, 3.8) is 0 Å². The molecule has 0 amide bonds. The quantitative estimate of drug-likeness (QED) is 0.617. The van der Waals surface area contributed by atoms with Gasteiger partial charge in [-0.2, -0.15) is 0 Å². The Morgan fingerprint density at radius 3 is 2.65 bits per heavy atom. The molecular formula is C14H26N2O2S2.